The van der Waals surface area contributed by atoms with Gasteiger partial charge in [0.15, 0.2) is 0 Å². The van der Waals surface area contributed by atoms with Crippen LogP contribution in [-0.4, -0.2) is 38.1 Å². The topological polar surface area (TPSA) is 56.1 Å². The van der Waals surface area contributed by atoms with E-state index in [0.29, 0.717) is 12.8 Å². The molecule has 1 fully saturated rings. The number of alkyl halides is 3. The zero-order valence-electron chi connectivity index (χ0n) is 19.0. The van der Waals surface area contributed by atoms with Gasteiger partial charge in [0.05, 0.1) is 17.1 Å². The molecule has 0 N–H and O–H groups in total. The molecule has 1 amide bonds. The summed E-state index contributed by atoms with van der Waals surface area (Å²) in [6.45, 7) is 5.65. The lowest BCUT2D eigenvalue weighted by Crippen LogP contribution is -2.52. The molecule has 34 heavy (non-hydrogen) atoms. The summed E-state index contributed by atoms with van der Waals surface area (Å²) in [6.07, 6.45) is 0.827. The first-order chi connectivity index (χ1) is 15.9. The van der Waals surface area contributed by atoms with E-state index in [-0.39, 0.29) is 24.4 Å². The molecule has 4 rings (SSSR count). The van der Waals surface area contributed by atoms with E-state index in [1.807, 2.05) is 28.9 Å². The highest BCUT2D eigenvalue weighted by molar-refractivity contribution is 6.32. The highest BCUT2D eigenvalue weighted by Gasteiger charge is 2.40. The Bertz CT molecular complexity index is 1180. The van der Waals surface area contributed by atoms with Crippen LogP contribution < -0.4 is 4.74 Å². The molecule has 0 spiro atoms. The van der Waals surface area contributed by atoms with Gasteiger partial charge in [0.1, 0.15) is 23.1 Å². The van der Waals surface area contributed by atoms with Crippen molar-refractivity contribution < 1.29 is 27.4 Å². The molecule has 2 heterocycles. The number of pyridine rings is 1. The van der Waals surface area contributed by atoms with Gasteiger partial charge in [-0.25, -0.2) is 9.78 Å². The highest BCUT2D eigenvalue weighted by atomic mass is 35.5. The molecule has 0 aliphatic heterocycles. The first-order valence-corrected chi connectivity index (χ1v) is 11.2. The van der Waals surface area contributed by atoms with E-state index in [1.165, 1.54) is 12.1 Å². The van der Waals surface area contributed by atoms with E-state index in [9.17, 15) is 18.0 Å². The lowest BCUT2D eigenvalue weighted by Gasteiger charge is -2.43. The van der Waals surface area contributed by atoms with Gasteiger partial charge in [0.25, 0.3) is 0 Å². The summed E-state index contributed by atoms with van der Waals surface area (Å²) in [5.41, 5.74) is -0.0341. The molecule has 0 saturated heterocycles. The molecule has 1 aliphatic carbocycles. The largest absolute Gasteiger partial charge is 0.489 e. The third-order valence-electron chi connectivity index (χ3n) is 5.54. The molecular formula is C24H25ClF3N3O3. The summed E-state index contributed by atoms with van der Waals surface area (Å²) in [6, 6.07) is 7.15. The van der Waals surface area contributed by atoms with Crippen molar-refractivity contribution in [2.45, 2.75) is 64.1 Å². The average molecular weight is 496 g/mol. The summed E-state index contributed by atoms with van der Waals surface area (Å²) < 4.78 is 52.7. The molecule has 6 nitrogen and oxygen atoms in total. The van der Waals surface area contributed by atoms with Gasteiger partial charge in [-0.1, -0.05) is 23.7 Å². The quantitative estimate of drug-likeness (QED) is 0.413. The Morgan fingerprint density at radius 1 is 1.18 bits per heavy atom. The predicted octanol–water partition coefficient (Wildman–Crippen LogP) is 6.35. The number of aromatic nitrogens is 2. The monoisotopic (exact) mass is 495 g/mol. The molecule has 0 unspecified atom stereocenters. The SMILES string of the molecule is CC(C)(C)OC(=O)N(Cc1cccn2ccnc12)[C@H]1C[C@H](Oc2cccc(C(F)(F)F)c2Cl)C1. The number of imidazole rings is 1. The van der Waals surface area contributed by atoms with E-state index >= 15 is 0 Å². The van der Waals surface area contributed by atoms with Gasteiger partial charge in [-0.15, -0.1) is 0 Å². The molecule has 0 radical (unpaired) electrons. The first kappa shape index (κ1) is 24.2. The second kappa shape index (κ2) is 9.02. The van der Waals surface area contributed by atoms with Gasteiger partial charge in [-0.3, -0.25) is 0 Å². The average Bonchev–Trinajstić information content (AvgIpc) is 3.17. The summed E-state index contributed by atoms with van der Waals surface area (Å²) >= 11 is 5.95. The van der Waals surface area contributed by atoms with Crippen LogP contribution in [0.1, 0.15) is 44.7 Å². The second-order valence-electron chi connectivity index (χ2n) is 9.28. The maximum atomic E-state index is 13.1. The van der Waals surface area contributed by atoms with Crippen LogP contribution in [0.3, 0.4) is 0 Å². The van der Waals surface area contributed by atoms with Crippen molar-refractivity contribution in [2.75, 3.05) is 0 Å². The number of ether oxygens (including phenoxy) is 2. The van der Waals surface area contributed by atoms with Crippen molar-refractivity contribution in [3.8, 4) is 5.75 Å². The highest BCUT2D eigenvalue weighted by Crippen LogP contribution is 2.41. The number of amides is 1. The van der Waals surface area contributed by atoms with Gasteiger partial charge >= 0.3 is 12.3 Å². The van der Waals surface area contributed by atoms with Crippen molar-refractivity contribution in [1.29, 1.82) is 0 Å². The molecule has 0 bridgehead atoms. The maximum absolute atomic E-state index is 13.1. The third kappa shape index (κ3) is 5.24. The Kier molecular flexibility index (Phi) is 6.42. The number of hydrogen-bond donors (Lipinski definition) is 0. The van der Waals surface area contributed by atoms with Crippen molar-refractivity contribution >= 4 is 23.3 Å². The Morgan fingerprint density at radius 3 is 2.59 bits per heavy atom. The zero-order valence-corrected chi connectivity index (χ0v) is 19.7. The van der Waals surface area contributed by atoms with Crippen molar-refractivity contribution in [3.05, 3.63) is 65.1 Å². The number of carbonyl (C=O) groups excluding carboxylic acids is 1. The van der Waals surface area contributed by atoms with Crippen molar-refractivity contribution in [1.82, 2.24) is 14.3 Å². The number of halogens is 4. The van der Waals surface area contributed by atoms with Gasteiger partial charge in [-0.05, 0) is 39.0 Å². The third-order valence-corrected chi connectivity index (χ3v) is 5.93. The Hall–Kier alpha value is -2.94. The van der Waals surface area contributed by atoms with Crippen molar-refractivity contribution in [3.63, 3.8) is 0 Å². The second-order valence-corrected chi connectivity index (χ2v) is 9.66. The number of hydrogen-bond acceptors (Lipinski definition) is 4. The summed E-state index contributed by atoms with van der Waals surface area (Å²) in [7, 11) is 0. The fraction of sp³-hybridized carbons (Fsp3) is 0.417. The Morgan fingerprint density at radius 2 is 1.91 bits per heavy atom. The minimum atomic E-state index is -4.57. The smallest absolute Gasteiger partial charge is 0.417 e. The fourth-order valence-corrected chi connectivity index (χ4v) is 4.15. The minimum Gasteiger partial charge on any atom is -0.489 e. The zero-order chi connectivity index (χ0) is 24.7. The van der Waals surface area contributed by atoms with Crippen LogP contribution in [-0.2, 0) is 17.5 Å². The minimum absolute atomic E-state index is 0.0223. The molecule has 1 aromatic carbocycles. The van der Waals surface area contributed by atoms with E-state index in [0.717, 1.165) is 17.3 Å². The van der Waals surface area contributed by atoms with E-state index in [4.69, 9.17) is 21.1 Å². The van der Waals surface area contributed by atoms with Crippen molar-refractivity contribution in [2.24, 2.45) is 0 Å². The first-order valence-electron chi connectivity index (χ1n) is 10.8. The summed E-state index contributed by atoms with van der Waals surface area (Å²) in [5.74, 6) is -0.0223. The number of nitrogens with zero attached hydrogens (tertiary/aromatic N) is 3. The van der Waals surface area contributed by atoms with Crippen LogP contribution in [0.2, 0.25) is 5.02 Å². The van der Waals surface area contributed by atoms with Crippen LogP contribution in [0, 0.1) is 0 Å². The normalized spacial score (nSPS) is 18.4. The Balaban J connectivity index is 1.50. The van der Waals surface area contributed by atoms with Gasteiger partial charge in [0.2, 0.25) is 0 Å². The standard InChI is InChI=1S/C24H25ClF3N3O3/c1-23(2,3)34-22(32)31(14-15-6-5-10-30-11-9-29-21(15)30)16-12-17(13-16)33-19-8-4-7-18(20(19)25)24(26,27)28/h4-11,16-17H,12-14H2,1-3H3/t16-,17-. The number of carbonyl (C=O) groups is 1. The van der Waals surface area contributed by atoms with Gasteiger partial charge in [0, 0.05) is 43.0 Å². The number of benzene rings is 1. The molecule has 182 valence electrons. The summed E-state index contributed by atoms with van der Waals surface area (Å²) in [4.78, 5) is 19.0. The molecule has 1 saturated carbocycles. The molecule has 3 aromatic rings. The molecular weight excluding hydrogens is 471 g/mol. The maximum Gasteiger partial charge on any atom is 0.417 e. The van der Waals surface area contributed by atoms with Crippen LogP contribution in [0.25, 0.3) is 5.65 Å². The number of rotatable bonds is 5. The molecule has 2 aromatic heterocycles. The van der Waals surface area contributed by atoms with Crippen LogP contribution in [0.4, 0.5) is 18.0 Å². The lowest BCUT2D eigenvalue weighted by atomic mass is 9.87. The molecule has 0 atom stereocenters. The van der Waals surface area contributed by atoms with Crippen LogP contribution in [0.15, 0.2) is 48.9 Å². The van der Waals surface area contributed by atoms with E-state index in [1.54, 1.807) is 31.9 Å². The Labute approximate surface area is 200 Å². The lowest BCUT2D eigenvalue weighted by molar-refractivity contribution is -0.137. The predicted molar refractivity (Wildman–Crippen MR) is 121 cm³/mol. The van der Waals surface area contributed by atoms with E-state index in [2.05, 4.69) is 4.98 Å². The van der Waals surface area contributed by atoms with Crippen LogP contribution >= 0.6 is 11.6 Å². The van der Waals surface area contributed by atoms with Gasteiger partial charge < -0.3 is 18.8 Å². The summed E-state index contributed by atoms with van der Waals surface area (Å²) in [5, 5.41) is -0.464. The molecule has 1 aliphatic rings. The van der Waals surface area contributed by atoms with E-state index < -0.39 is 28.5 Å². The van der Waals surface area contributed by atoms with Gasteiger partial charge in [-0.2, -0.15) is 13.2 Å². The van der Waals surface area contributed by atoms with Crippen LogP contribution in [0.5, 0.6) is 5.75 Å². The number of fused-ring (bicyclic) bond motifs is 1. The fourth-order valence-electron chi connectivity index (χ4n) is 3.87. The molecule has 10 heteroatoms.